The van der Waals surface area contributed by atoms with Gasteiger partial charge >= 0.3 is 12.1 Å². The molecule has 0 heterocycles. The third kappa shape index (κ3) is 3.65. The van der Waals surface area contributed by atoms with Gasteiger partial charge in [-0.05, 0) is 24.6 Å². The van der Waals surface area contributed by atoms with E-state index in [0.29, 0.717) is 0 Å². The average Bonchev–Trinajstić information content (AvgIpc) is 2.39. The number of hydrogen-bond acceptors (Lipinski definition) is 3. The van der Waals surface area contributed by atoms with E-state index in [-0.39, 0.29) is 22.2 Å². The van der Waals surface area contributed by atoms with Gasteiger partial charge in [0.2, 0.25) is 0 Å². The zero-order chi connectivity index (χ0) is 15.3. The summed E-state index contributed by atoms with van der Waals surface area (Å²) >= 11 is 11.6. The second-order valence-corrected chi connectivity index (χ2v) is 4.89. The number of carbonyl (C=O) groups excluding carboxylic acids is 1. The van der Waals surface area contributed by atoms with Gasteiger partial charge in [0.15, 0.2) is 5.54 Å². The van der Waals surface area contributed by atoms with Crippen LogP contribution in [0.4, 0.5) is 4.79 Å². The van der Waals surface area contributed by atoms with Crippen LogP contribution in [0.3, 0.4) is 0 Å². The SMILES string of the molecule is C=CCOC(=O)NC(C)(C(=O)O)c1ccc(Cl)c(Cl)c1. The number of benzene rings is 1. The smallest absolute Gasteiger partial charge is 0.408 e. The summed E-state index contributed by atoms with van der Waals surface area (Å²) in [5.74, 6) is -1.26. The Morgan fingerprint density at radius 3 is 2.60 bits per heavy atom. The van der Waals surface area contributed by atoms with Crippen molar-refractivity contribution in [1.82, 2.24) is 5.32 Å². The van der Waals surface area contributed by atoms with Gasteiger partial charge in [-0.25, -0.2) is 9.59 Å². The van der Waals surface area contributed by atoms with Crippen molar-refractivity contribution in [2.75, 3.05) is 6.61 Å². The van der Waals surface area contributed by atoms with Crippen LogP contribution in [0.25, 0.3) is 0 Å². The van der Waals surface area contributed by atoms with Gasteiger partial charge in [-0.1, -0.05) is 41.9 Å². The minimum Gasteiger partial charge on any atom is -0.479 e. The molecule has 1 amide bonds. The number of carboxylic acids is 1. The highest BCUT2D eigenvalue weighted by molar-refractivity contribution is 6.42. The summed E-state index contributed by atoms with van der Waals surface area (Å²) in [7, 11) is 0. The molecular weight excluding hydrogens is 305 g/mol. The molecule has 7 heteroatoms. The minimum absolute atomic E-state index is 0.0249. The van der Waals surface area contributed by atoms with E-state index in [2.05, 4.69) is 11.9 Å². The largest absolute Gasteiger partial charge is 0.479 e. The van der Waals surface area contributed by atoms with Gasteiger partial charge in [0.05, 0.1) is 10.0 Å². The van der Waals surface area contributed by atoms with Crippen molar-refractivity contribution in [1.29, 1.82) is 0 Å². The van der Waals surface area contributed by atoms with E-state index >= 15 is 0 Å². The van der Waals surface area contributed by atoms with Crippen molar-refractivity contribution in [2.45, 2.75) is 12.5 Å². The highest BCUT2D eigenvalue weighted by Crippen LogP contribution is 2.29. The average molecular weight is 318 g/mol. The first kappa shape index (κ1) is 16.3. The van der Waals surface area contributed by atoms with Gasteiger partial charge in [0.25, 0.3) is 0 Å². The Kier molecular flexibility index (Phi) is 5.42. The van der Waals surface area contributed by atoms with Gasteiger partial charge in [-0.3, -0.25) is 0 Å². The fraction of sp³-hybridized carbons (Fsp3) is 0.231. The first-order valence-corrected chi connectivity index (χ1v) is 6.31. The number of halogens is 2. The molecule has 1 unspecified atom stereocenters. The molecule has 1 aromatic rings. The van der Waals surface area contributed by atoms with Gasteiger partial charge in [0, 0.05) is 0 Å². The number of rotatable bonds is 5. The second kappa shape index (κ2) is 6.63. The van der Waals surface area contributed by atoms with E-state index in [0.717, 1.165) is 0 Å². The van der Waals surface area contributed by atoms with Gasteiger partial charge in [0.1, 0.15) is 6.61 Å². The number of amides is 1. The van der Waals surface area contributed by atoms with E-state index in [1.165, 1.54) is 31.2 Å². The lowest BCUT2D eigenvalue weighted by atomic mass is 9.92. The maximum Gasteiger partial charge on any atom is 0.408 e. The van der Waals surface area contributed by atoms with Crippen LogP contribution in [0.5, 0.6) is 0 Å². The lowest BCUT2D eigenvalue weighted by Gasteiger charge is -2.26. The molecule has 0 saturated carbocycles. The topological polar surface area (TPSA) is 75.6 Å². The van der Waals surface area contributed by atoms with Crippen LogP contribution in [0, 0.1) is 0 Å². The molecular formula is C13H13Cl2NO4. The Labute approximate surface area is 126 Å². The second-order valence-electron chi connectivity index (χ2n) is 4.07. The van der Waals surface area contributed by atoms with Crippen LogP contribution >= 0.6 is 23.2 Å². The molecule has 20 heavy (non-hydrogen) atoms. The zero-order valence-corrected chi connectivity index (χ0v) is 12.2. The van der Waals surface area contributed by atoms with Crippen molar-refractivity contribution in [3.63, 3.8) is 0 Å². The predicted molar refractivity (Wildman–Crippen MR) is 76.1 cm³/mol. The number of hydrogen-bond donors (Lipinski definition) is 2. The Bertz CT molecular complexity index is 547. The van der Waals surface area contributed by atoms with E-state index in [4.69, 9.17) is 27.9 Å². The Morgan fingerprint density at radius 2 is 2.10 bits per heavy atom. The molecule has 1 aromatic carbocycles. The third-order valence-corrected chi connectivity index (χ3v) is 3.35. The molecule has 2 N–H and O–H groups in total. The van der Waals surface area contributed by atoms with Crippen LogP contribution in [0.15, 0.2) is 30.9 Å². The molecule has 0 fully saturated rings. The molecule has 5 nitrogen and oxygen atoms in total. The quantitative estimate of drug-likeness (QED) is 0.818. The number of alkyl carbamates (subject to hydrolysis) is 1. The first-order valence-electron chi connectivity index (χ1n) is 5.56. The van der Waals surface area contributed by atoms with E-state index in [1.54, 1.807) is 0 Å². The third-order valence-electron chi connectivity index (χ3n) is 2.61. The van der Waals surface area contributed by atoms with Crippen LogP contribution in [-0.2, 0) is 15.1 Å². The zero-order valence-electron chi connectivity index (χ0n) is 10.7. The summed E-state index contributed by atoms with van der Waals surface area (Å²) in [6.45, 7) is 4.69. The summed E-state index contributed by atoms with van der Waals surface area (Å²) < 4.78 is 4.72. The van der Waals surface area contributed by atoms with Crippen molar-refractivity contribution in [2.24, 2.45) is 0 Å². The summed E-state index contributed by atoms with van der Waals surface area (Å²) in [5, 5.41) is 12.1. The highest BCUT2D eigenvalue weighted by Gasteiger charge is 2.37. The van der Waals surface area contributed by atoms with Crippen molar-refractivity contribution in [3.8, 4) is 0 Å². The number of carbonyl (C=O) groups is 2. The summed E-state index contributed by atoms with van der Waals surface area (Å²) in [5.41, 5.74) is -1.41. The number of aliphatic carboxylic acids is 1. The fourth-order valence-corrected chi connectivity index (χ4v) is 1.73. The highest BCUT2D eigenvalue weighted by atomic mass is 35.5. The lowest BCUT2D eigenvalue weighted by Crippen LogP contribution is -2.49. The molecule has 0 aliphatic carbocycles. The molecule has 1 atom stereocenters. The number of ether oxygens (including phenoxy) is 1. The molecule has 0 saturated heterocycles. The molecule has 1 rings (SSSR count). The monoisotopic (exact) mass is 317 g/mol. The summed E-state index contributed by atoms with van der Waals surface area (Å²) in [6, 6.07) is 4.30. The van der Waals surface area contributed by atoms with Crippen molar-refractivity contribution >= 4 is 35.3 Å². The maximum atomic E-state index is 11.5. The molecule has 108 valence electrons. The predicted octanol–water partition coefficient (Wildman–Crippen LogP) is 3.21. The molecule has 0 aliphatic heterocycles. The molecule has 0 bridgehead atoms. The minimum atomic E-state index is -1.69. The van der Waals surface area contributed by atoms with Crippen LogP contribution < -0.4 is 5.32 Å². The number of carboxylic acid groups (broad SMARTS) is 1. The van der Waals surface area contributed by atoms with Crippen molar-refractivity contribution < 1.29 is 19.4 Å². The van der Waals surface area contributed by atoms with Crippen LogP contribution in [0.1, 0.15) is 12.5 Å². The molecule has 0 spiro atoms. The summed E-state index contributed by atoms with van der Waals surface area (Å²) in [4.78, 5) is 23.0. The van der Waals surface area contributed by atoms with E-state index in [9.17, 15) is 14.7 Å². The van der Waals surface area contributed by atoms with Crippen LogP contribution in [0.2, 0.25) is 10.0 Å². The van der Waals surface area contributed by atoms with Gasteiger partial charge < -0.3 is 15.2 Å². The Balaban J connectivity index is 3.08. The molecule has 0 radical (unpaired) electrons. The number of nitrogens with one attached hydrogen (secondary N) is 1. The molecule has 0 aromatic heterocycles. The Morgan fingerprint density at radius 1 is 1.45 bits per heavy atom. The first-order chi connectivity index (χ1) is 9.31. The maximum absolute atomic E-state index is 11.5. The van der Waals surface area contributed by atoms with Crippen molar-refractivity contribution in [3.05, 3.63) is 46.5 Å². The van der Waals surface area contributed by atoms with Gasteiger partial charge in [-0.2, -0.15) is 0 Å². The Hall–Kier alpha value is -1.72. The van der Waals surface area contributed by atoms with E-state index in [1.807, 2.05) is 0 Å². The summed E-state index contributed by atoms with van der Waals surface area (Å²) in [6.07, 6.45) is 0.498. The fourth-order valence-electron chi connectivity index (χ4n) is 1.43. The standard InChI is InChI=1S/C13H13Cl2NO4/c1-3-6-20-12(19)16-13(2,11(17)18)8-4-5-9(14)10(15)7-8/h3-5,7H,1,6H2,2H3,(H,16,19)(H,17,18). The molecule has 0 aliphatic rings. The van der Waals surface area contributed by atoms with Gasteiger partial charge in [-0.15, -0.1) is 0 Å². The van der Waals surface area contributed by atoms with E-state index < -0.39 is 17.6 Å². The normalized spacial score (nSPS) is 13.2. The van der Waals surface area contributed by atoms with Crippen LogP contribution in [-0.4, -0.2) is 23.8 Å². The lowest BCUT2D eigenvalue weighted by molar-refractivity contribution is -0.144.